The zero-order chi connectivity index (χ0) is 17.3. The maximum Gasteiger partial charge on any atom is 0.286 e. The summed E-state index contributed by atoms with van der Waals surface area (Å²) in [6.45, 7) is 0. The van der Waals surface area contributed by atoms with Gasteiger partial charge in [-0.2, -0.15) is 0 Å². The van der Waals surface area contributed by atoms with Crippen LogP contribution in [0.5, 0.6) is 0 Å². The number of fused-ring (bicyclic) bond motifs is 1. The number of benzene rings is 2. The quantitative estimate of drug-likeness (QED) is 0.771. The van der Waals surface area contributed by atoms with Crippen LogP contribution in [0.1, 0.15) is 16.1 Å². The van der Waals surface area contributed by atoms with Crippen LogP contribution in [0.4, 0.5) is 14.5 Å². The van der Waals surface area contributed by atoms with Crippen LogP contribution in [-0.4, -0.2) is 11.8 Å². The van der Waals surface area contributed by atoms with E-state index in [0.717, 1.165) is 11.6 Å². The topological polar surface area (TPSA) is 85.3 Å². The monoisotopic (exact) mass is 330 g/mol. The van der Waals surface area contributed by atoms with Crippen LogP contribution in [0.25, 0.3) is 11.0 Å². The lowest BCUT2D eigenvalue weighted by molar-refractivity contribution is -0.115. The predicted molar refractivity (Wildman–Crippen MR) is 83.4 cm³/mol. The number of amides is 2. The summed E-state index contributed by atoms with van der Waals surface area (Å²) in [6.07, 6.45) is 0.0174. The molecule has 0 saturated heterocycles. The van der Waals surface area contributed by atoms with Gasteiger partial charge in [-0.15, -0.1) is 0 Å². The van der Waals surface area contributed by atoms with E-state index in [1.54, 1.807) is 24.3 Å². The fraction of sp³-hybridized carbons (Fsp3) is 0.0588. The minimum Gasteiger partial charge on any atom is -0.446 e. The van der Waals surface area contributed by atoms with Crippen molar-refractivity contribution in [1.82, 2.24) is 0 Å². The van der Waals surface area contributed by atoms with Gasteiger partial charge in [-0.25, -0.2) is 8.78 Å². The summed E-state index contributed by atoms with van der Waals surface area (Å²) < 4.78 is 32.3. The smallest absolute Gasteiger partial charge is 0.286 e. The molecule has 1 heterocycles. The predicted octanol–water partition coefficient (Wildman–Crippen LogP) is 2.99. The molecule has 3 N–H and O–H groups in total. The summed E-state index contributed by atoms with van der Waals surface area (Å²) in [5, 5.41) is 2.38. The Morgan fingerprint density at radius 2 is 1.83 bits per heavy atom. The molecule has 0 unspecified atom stereocenters. The number of furan rings is 1. The van der Waals surface area contributed by atoms with Gasteiger partial charge in [0.15, 0.2) is 11.4 Å². The van der Waals surface area contributed by atoms with Crippen LogP contribution in [0.3, 0.4) is 0 Å². The van der Waals surface area contributed by atoms with Crippen molar-refractivity contribution in [2.75, 3.05) is 5.32 Å². The van der Waals surface area contributed by atoms with Gasteiger partial charge in [-0.3, -0.25) is 9.59 Å². The number of carbonyl (C=O) groups is 2. The second kappa shape index (κ2) is 6.11. The van der Waals surface area contributed by atoms with Crippen molar-refractivity contribution in [3.8, 4) is 0 Å². The van der Waals surface area contributed by atoms with Crippen molar-refractivity contribution >= 4 is 28.5 Å². The standard InChI is InChI=1S/C17H12F2N2O3/c18-10-7-11-14(16(17(20)23)24-15(11)12(19)8-10)21-13(22)6-9-4-2-1-3-5-9/h1-5,7-8H,6H2,(H2,20,23)(H,21,22). The Bertz CT molecular complexity index is 936. The molecule has 0 spiro atoms. The van der Waals surface area contributed by atoms with E-state index in [0.29, 0.717) is 6.07 Å². The fourth-order valence-electron chi connectivity index (χ4n) is 2.39. The van der Waals surface area contributed by atoms with E-state index in [9.17, 15) is 18.4 Å². The molecule has 2 amide bonds. The van der Waals surface area contributed by atoms with Crippen molar-refractivity contribution in [2.24, 2.45) is 5.73 Å². The highest BCUT2D eigenvalue weighted by Gasteiger charge is 2.23. The number of rotatable bonds is 4. The number of primary amides is 1. The first-order valence-electron chi connectivity index (χ1n) is 7.01. The average molecular weight is 330 g/mol. The summed E-state index contributed by atoms with van der Waals surface area (Å²) in [5.41, 5.74) is 5.44. The minimum absolute atomic E-state index is 0.0174. The number of anilines is 1. The van der Waals surface area contributed by atoms with Crippen LogP contribution >= 0.6 is 0 Å². The maximum atomic E-state index is 13.8. The number of nitrogens with one attached hydrogen (secondary N) is 1. The van der Waals surface area contributed by atoms with Crippen LogP contribution in [0, 0.1) is 11.6 Å². The molecule has 2 aromatic carbocycles. The molecule has 5 nitrogen and oxygen atoms in total. The van der Waals surface area contributed by atoms with Crippen molar-refractivity contribution in [3.63, 3.8) is 0 Å². The van der Waals surface area contributed by atoms with E-state index < -0.39 is 29.2 Å². The molecule has 0 aliphatic heterocycles. The molecule has 0 saturated carbocycles. The first-order valence-corrected chi connectivity index (χ1v) is 7.01. The Labute approximate surface area is 135 Å². The molecule has 7 heteroatoms. The van der Waals surface area contributed by atoms with Gasteiger partial charge in [0.1, 0.15) is 11.5 Å². The summed E-state index contributed by atoms with van der Waals surface area (Å²) >= 11 is 0. The van der Waals surface area contributed by atoms with E-state index in [-0.39, 0.29) is 23.1 Å². The van der Waals surface area contributed by atoms with E-state index in [1.807, 2.05) is 6.07 Å². The van der Waals surface area contributed by atoms with Crippen LogP contribution in [0.15, 0.2) is 46.9 Å². The number of hydrogen-bond acceptors (Lipinski definition) is 3. The van der Waals surface area contributed by atoms with Gasteiger partial charge >= 0.3 is 0 Å². The second-order valence-corrected chi connectivity index (χ2v) is 5.15. The Morgan fingerprint density at radius 3 is 2.50 bits per heavy atom. The van der Waals surface area contributed by atoms with Gasteiger partial charge in [0, 0.05) is 6.07 Å². The van der Waals surface area contributed by atoms with Crippen LogP contribution in [-0.2, 0) is 11.2 Å². The van der Waals surface area contributed by atoms with Gasteiger partial charge in [-0.05, 0) is 11.6 Å². The van der Waals surface area contributed by atoms with E-state index in [2.05, 4.69) is 5.32 Å². The molecule has 3 aromatic rings. The number of nitrogens with two attached hydrogens (primary N) is 1. The summed E-state index contributed by atoms with van der Waals surface area (Å²) in [6, 6.07) is 10.4. The van der Waals surface area contributed by atoms with Gasteiger partial charge in [-0.1, -0.05) is 30.3 Å². The highest BCUT2D eigenvalue weighted by molar-refractivity contribution is 6.10. The van der Waals surface area contributed by atoms with E-state index in [4.69, 9.17) is 10.2 Å². The average Bonchev–Trinajstić information content (AvgIpc) is 2.87. The highest BCUT2D eigenvalue weighted by atomic mass is 19.1. The lowest BCUT2D eigenvalue weighted by Gasteiger charge is -2.05. The molecule has 0 radical (unpaired) electrons. The Balaban J connectivity index is 2.00. The number of carbonyl (C=O) groups excluding carboxylic acids is 2. The summed E-state index contributed by atoms with van der Waals surface area (Å²) in [4.78, 5) is 23.7. The molecule has 1 aromatic heterocycles. The fourth-order valence-corrected chi connectivity index (χ4v) is 2.39. The van der Waals surface area contributed by atoms with Crippen molar-refractivity contribution in [1.29, 1.82) is 0 Å². The summed E-state index contributed by atoms with van der Waals surface area (Å²) in [7, 11) is 0. The molecule has 0 fully saturated rings. The van der Waals surface area contributed by atoms with E-state index in [1.165, 1.54) is 0 Å². The SMILES string of the molecule is NC(=O)c1oc2c(F)cc(F)cc2c1NC(=O)Cc1ccccc1. The van der Waals surface area contributed by atoms with Crippen molar-refractivity contribution < 1.29 is 22.8 Å². The molecule has 24 heavy (non-hydrogen) atoms. The largest absolute Gasteiger partial charge is 0.446 e. The molecule has 3 rings (SSSR count). The van der Waals surface area contributed by atoms with Gasteiger partial charge < -0.3 is 15.5 Å². The molecular weight excluding hydrogens is 318 g/mol. The lowest BCUT2D eigenvalue weighted by atomic mass is 10.1. The Hall–Kier alpha value is -3.22. The molecule has 0 atom stereocenters. The molecule has 0 aliphatic carbocycles. The van der Waals surface area contributed by atoms with Crippen LogP contribution in [0.2, 0.25) is 0 Å². The first-order chi connectivity index (χ1) is 11.5. The number of halogens is 2. The Kier molecular flexibility index (Phi) is 3.99. The van der Waals surface area contributed by atoms with Gasteiger partial charge in [0.25, 0.3) is 5.91 Å². The van der Waals surface area contributed by atoms with Gasteiger partial charge in [0.05, 0.1) is 11.8 Å². The molecule has 0 bridgehead atoms. The normalized spacial score (nSPS) is 10.8. The van der Waals surface area contributed by atoms with Crippen molar-refractivity contribution in [2.45, 2.75) is 6.42 Å². The minimum atomic E-state index is -0.999. The molecule has 122 valence electrons. The maximum absolute atomic E-state index is 13.8. The molecule has 0 aliphatic rings. The molecular formula is C17H12F2N2O3. The first kappa shape index (κ1) is 15.7. The third kappa shape index (κ3) is 2.96. The Morgan fingerprint density at radius 1 is 1.12 bits per heavy atom. The third-order valence-corrected chi connectivity index (χ3v) is 3.40. The zero-order valence-corrected chi connectivity index (χ0v) is 12.3. The summed E-state index contributed by atoms with van der Waals surface area (Å²) in [5.74, 6) is -3.76. The third-order valence-electron chi connectivity index (χ3n) is 3.40. The zero-order valence-electron chi connectivity index (χ0n) is 12.3. The second-order valence-electron chi connectivity index (χ2n) is 5.15. The van der Waals surface area contributed by atoms with Crippen LogP contribution < -0.4 is 11.1 Å². The van der Waals surface area contributed by atoms with E-state index >= 15 is 0 Å². The lowest BCUT2D eigenvalue weighted by Crippen LogP contribution is -2.18. The highest BCUT2D eigenvalue weighted by Crippen LogP contribution is 2.33. The van der Waals surface area contributed by atoms with Gasteiger partial charge in [0.2, 0.25) is 11.7 Å². The van der Waals surface area contributed by atoms with Crippen molar-refractivity contribution in [3.05, 3.63) is 65.4 Å². The number of hydrogen-bond donors (Lipinski definition) is 2.